The Labute approximate surface area is 187 Å². The fraction of sp³-hybridized carbons (Fsp3) is 0.227. The lowest BCUT2D eigenvalue weighted by Crippen LogP contribution is -2.09. The van der Waals surface area contributed by atoms with Crippen molar-refractivity contribution < 1.29 is 18.7 Å². The molecule has 0 aliphatic carbocycles. The summed E-state index contributed by atoms with van der Waals surface area (Å²) in [6.45, 7) is 5.97. The van der Waals surface area contributed by atoms with E-state index >= 15 is 0 Å². The molecule has 0 fully saturated rings. The standard InChI is InChI=1S/C22H18ClN5O4/c1-10(2)30-22-27-15(23)8-17(28-22)32-16-7-4-12-13(26-16)5-6-14-18(12)19-20(31-14)21(29)25-11(3)9-24-19/h4-8,10,24H,9H2,1-3H3. The molecule has 3 aromatic heterocycles. The highest BCUT2D eigenvalue weighted by Crippen LogP contribution is 2.38. The Hall–Kier alpha value is -3.72. The monoisotopic (exact) mass is 451 g/mol. The van der Waals surface area contributed by atoms with Crippen LogP contribution >= 0.6 is 11.6 Å². The minimum atomic E-state index is -0.403. The van der Waals surface area contributed by atoms with Gasteiger partial charge in [-0.2, -0.15) is 9.97 Å². The number of nitrogens with zero attached hydrogens (tertiary/aromatic N) is 4. The van der Waals surface area contributed by atoms with E-state index in [0.717, 1.165) is 10.8 Å². The van der Waals surface area contributed by atoms with E-state index in [2.05, 4.69) is 25.3 Å². The van der Waals surface area contributed by atoms with Gasteiger partial charge < -0.3 is 19.2 Å². The van der Waals surface area contributed by atoms with E-state index in [4.69, 9.17) is 25.5 Å². The molecule has 0 saturated heterocycles. The number of amides is 1. The number of halogens is 1. The topological polar surface area (TPSA) is 112 Å². The van der Waals surface area contributed by atoms with Crippen LogP contribution in [0.25, 0.3) is 21.9 Å². The number of pyridine rings is 1. The Morgan fingerprint density at radius 1 is 1.12 bits per heavy atom. The molecule has 162 valence electrons. The first kappa shape index (κ1) is 20.2. The summed E-state index contributed by atoms with van der Waals surface area (Å²) in [5, 5.41) is 5.03. The summed E-state index contributed by atoms with van der Waals surface area (Å²) >= 11 is 6.06. The second-order valence-corrected chi connectivity index (χ2v) is 7.93. The van der Waals surface area contributed by atoms with E-state index in [9.17, 15) is 4.79 Å². The number of fused-ring (bicyclic) bond motifs is 5. The molecule has 1 aromatic carbocycles. The number of rotatable bonds is 4. The smallest absolute Gasteiger partial charge is 0.321 e. The Morgan fingerprint density at radius 3 is 2.78 bits per heavy atom. The SMILES string of the molecule is CC1=NC(=O)c2oc3ccc4nc(Oc5cc(Cl)nc(OC(C)C)n5)ccc4c3c2NC1. The van der Waals surface area contributed by atoms with Crippen LogP contribution in [-0.4, -0.2) is 39.2 Å². The molecule has 4 heterocycles. The maximum Gasteiger partial charge on any atom is 0.321 e. The lowest BCUT2D eigenvalue weighted by atomic mass is 10.1. The van der Waals surface area contributed by atoms with E-state index in [1.807, 2.05) is 19.9 Å². The lowest BCUT2D eigenvalue weighted by Gasteiger charge is -2.10. The van der Waals surface area contributed by atoms with Crippen LogP contribution in [0.15, 0.2) is 39.7 Å². The number of hydrogen-bond acceptors (Lipinski definition) is 8. The van der Waals surface area contributed by atoms with Crippen LogP contribution in [0.4, 0.5) is 5.69 Å². The van der Waals surface area contributed by atoms with Gasteiger partial charge in [0.25, 0.3) is 0 Å². The summed E-state index contributed by atoms with van der Waals surface area (Å²) < 4.78 is 17.1. The van der Waals surface area contributed by atoms with Crippen LogP contribution in [0, 0.1) is 0 Å². The fourth-order valence-corrected chi connectivity index (χ4v) is 3.60. The van der Waals surface area contributed by atoms with Crippen molar-refractivity contribution in [3.63, 3.8) is 0 Å². The van der Waals surface area contributed by atoms with Gasteiger partial charge in [0.1, 0.15) is 10.7 Å². The van der Waals surface area contributed by atoms with Gasteiger partial charge in [0.2, 0.25) is 17.5 Å². The number of nitrogens with one attached hydrogen (secondary N) is 1. The number of aromatic nitrogens is 3. The molecular weight excluding hydrogens is 434 g/mol. The lowest BCUT2D eigenvalue weighted by molar-refractivity contribution is 0.0980. The Balaban J connectivity index is 1.54. The highest BCUT2D eigenvalue weighted by molar-refractivity contribution is 6.29. The molecule has 0 unspecified atom stereocenters. The van der Waals surface area contributed by atoms with Crippen LogP contribution in [0.5, 0.6) is 17.8 Å². The second kappa shape index (κ2) is 7.76. The summed E-state index contributed by atoms with van der Waals surface area (Å²) in [7, 11) is 0. The summed E-state index contributed by atoms with van der Waals surface area (Å²) in [6.07, 6.45) is -0.109. The molecule has 32 heavy (non-hydrogen) atoms. The number of furan rings is 1. The van der Waals surface area contributed by atoms with Crippen molar-refractivity contribution in [2.45, 2.75) is 26.9 Å². The van der Waals surface area contributed by atoms with Gasteiger partial charge in [-0.05, 0) is 39.0 Å². The Morgan fingerprint density at radius 2 is 1.97 bits per heavy atom. The average Bonchev–Trinajstić information content (AvgIpc) is 3.04. The fourth-order valence-electron chi connectivity index (χ4n) is 3.44. The number of ether oxygens (including phenoxy) is 2. The summed E-state index contributed by atoms with van der Waals surface area (Å²) in [5.74, 6) is 0.323. The van der Waals surface area contributed by atoms with Gasteiger partial charge in [-0.25, -0.2) is 9.98 Å². The van der Waals surface area contributed by atoms with Crippen LogP contribution in [0.1, 0.15) is 31.3 Å². The number of anilines is 1. The summed E-state index contributed by atoms with van der Waals surface area (Å²) in [4.78, 5) is 29.3. The van der Waals surface area contributed by atoms with Crippen LogP contribution in [0.2, 0.25) is 5.15 Å². The molecule has 0 saturated carbocycles. The van der Waals surface area contributed by atoms with Crippen LogP contribution in [-0.2, 0) is 0 Å². The molecule has 1 aliphatic heterocycles. The van der Waals surface area contributed by atoms with Gasteiger partial charge in [-0.15, -0.1) is 0 Å². The molecule has 1 amide bonds. The molecule has 0 radical (unpaired) electrons. The normalized spacial score (nSPS) is 13.7. The number of carbonyl (C=O) groups excluding carboxylic acids is 1. The van der Waals surface area contributed by atoms with E-state index in [0.29, 0.717) is 34.9 Å². The third-order valence-corrected chi connectivity index (χ3v) is 4.90. The van der Waals surface area contributed by atoms with Crippen molar-refractivity contribution in [1.82, 2.24) is 15.0 Å². The first-order valence-corrected chi connectivity index (χ1v) is 10.3. The van der Waals surface area contributed by atoms with Crippen molar-refractivity contribution in [3.8, 4) is 17.8 Å². The molecule has 5 rings (SSSR count). The maximum atomic E-state index is 12.4. The highest BCUT2D eigenvalue weighted by Gasteiger charge is 2.24. The first-order valence-electron chi connectivity index (χ1n) is 9.95. The third kappa shape index (κ3) is 3.71. The Bertz CT molecular complexity index is 1410. The third-order valence-electron chi connectivity index (χ3n) is 4.71. The predicted octanol–water partition coefficient (Wildman–Crippen LogP) is 5.03. The molecular formula is C22H18ClN5O4. The highest BCUT2D eigenvalue weighted by atomic mass is 35.5. The molecule has 0 spiro atoms. The minimum Gasteiger partial charge on any atom is -0.461 e. The molecule has 0 bridgehead atoms. The van der Waals surface area contributed by atoms with Gasteiger partial charge in [0, 0.05) is 23.2 Å². The number of benzene rings is 1. The molecule has 9 nitrogen and oxygen atoms in total. The van der Waals surface area contributed by atoms with Gasteiger partial charge in [0.05, 0.1) is 29.2 Å². The maximum absolute atomic E-state index is 12.4. The average molecular weight is 452 g/mol. The van der Waals surface area contributed by atoms with Crippen molar-refractivity contribution in [3.05, 3.63) is 41.2 Å². The number of carbonyl (C=O) groups is 1. The molecule has 4 aromatic rings. The van der Waals surface area contributed by atoms with E-state index in [1.54, 1.807) is 25.1 Å². The summed E-state index contributed by atoms with van der Waals surface area (Å²) in [5.41, 5.74) is 2.54. The van der Waals surface area contributed by atoms with Gasteiger partial charge in [-0.1, -0.05) is 11.6 Å². The zero-order valence-electron chi connectivity index (χ0n) is 17.5. The minimum absolute atomic E-state index is 0.109. The van der Waals surface area contributed by atoms with E-state index < -0.39 is 5.91 Å². The second-order valence-electron chi connectivity index (χ2n) is 7.55. The van der Waals surface area contributed by atoms with Crippen LogP contribution in [0.3, 0.4) is 0 Å². The zero-order chi connectivity index (χ0) is 22.4. The summed E-state index contributed by atoms with van der Waals surface area (Å²) in [6, 6.07) is 8.74. The van der Waals surface area contributed by atoms with Crippen molar-refractivity contribution in [2.24, 2.45) is 4.99 Å². The van der Waals surface area contributed by atoms with E-state index in [-0.39, 0.29) is 28.9 Å². The molecule has 1 N–H and O–H groups in total. The van der Waals surface area contributed by atoms with Crippen LogP contribution < -0.4 is 14.8 Å². The molecule has 0 atom stereocenters. The van der Waals surface area contributed by atoms with Gasteiger partial charge in [0.15, 0.2) is 0 Å². The Kier molecular flexibility index (Phi) is 4.90. The zero-order valence-corrected chi connectivity index (χ0v) is 18.2. The van der Waals surface area contributed by atoms with Gasteiger partial charge >= 0.3 is 11.9 Å². The number of aliphatic imine (C=N–C) groups is 1. The van der Waals surface area contributed by atoms with Crippen molar-refractivity contribution in [2.75, 3.05) is 11.9 Å². The van der Waals surface area contributed by atoms with Crippen molar-refractivity contribution in [1.29, 1.82) is 0 Å². The molecule has 1 aliphatic rings. The first-order chi connectivity index (χ1) is 15.4. The quantitative estimate of drug-likeness (QED) is 0.430. The number of hydrogen-bond donors (Lipinski definition) is 1. The predicted molar refractivity (Wildman–Crippen MR) is 120 cm³/mol. The van der Waals surface area contributed by atoms with E-state index in [1.165, 1.54) is 6.07 Å². The molecule has 10 heteroatoms. The largest absolute Gasteiger partial charge is 0.461 e. The van der Waals surface area contributed by atoms with Crippen molar-refractivity contribution >= 4 is 50.8 Å². The van der Waals surface area contributed by atoms with Gasteiger partial charge in [-0.3, -0.25) is 4.79 Å².